The van der Waals surface area contributed by atoms with Gasteiger partial charge in [-0.05, 0) is 17.7 Å². The van der Waals surface area contributed by atoms with Crippen LogP contribution in [0.5, 0.6) is 0 Å². The van der Waals surface area contributed by atoms with Crippen molar-refractivity contribution in [3.63, 3.8) is 0 Å². The van der Waals surface area contributed by atoms with E-state index in [-0.39, 0.29) is 28.8 Å². The Morgan fingerprint density at radius 1 is 0.720 bits per heavy atom. The van der Waals surface area contributed by atoms with Gasteiger partial charge in [0.25, 0.3) is 5.91 Å². The van der Waals surface area contributed by atoms with E-state index in [2.05, 4.69) is 5.32 Å². The van der Waals surface area contributed by atoms with Crippen molar-refractivity contribution in [2.24, 2.45) is 17.2 Å². The van der Waals surface area contributed by atoms with Gasteiger partial charge in [0.15, 0.2) is 0 Å². The Balaban J connectivity index is 2.42. The van der Waals surface area contributed by atoms with E-state index < -0.39 is 23.6 Å². The molecule has 0 heterocycles. The van der Waals surface area contributed by atoms with Gasteiger partial charge in [-0.3, -0.25) is 19.2 Å². The van der Waals surface area contributed by atoms with E-state index in [0.29, 0.717) is 0 Å². The largest absolute Gasteiger partial charge is 0.366 e. The maximum absolute atomic E-state index is 12.4. The first-order chi connectivity index (χ1) is 11.8. The molecule has 8 nitrogen and oxygen atoms in total. The van der Waals surface area contributed by atoms with Gasteiger partial charge in [0.2, 0.25) is 17.7 Å². The molecule has 128 valence electrons. The lowest BCUT2D eigenvalue weighted by molar-refractivity contribution is 0.0931. The van der Waals surface area contributed by atoms with Crippen LogP contribution in [0.4, 0.5) is 0 Å². The molecule has 0 fully saturated rings. The highest BCUT2D eigenvalue weighted by Gasteiger charge is 2.23. The first-order valence-electron chi connectivity index (χ1n) is 7.21. The van der Waals surface area contributed by atoms with Gasteiger partial charge in [-0.2, -0.15) is 0 Å². The molecule has 8 heteroatoms. The monoisotopic (exact) mass is 340 g/mol. The number of primary amides is 3. The van der Waals surface area contributed by atoms with Crippen molar-refractivity contribution in [3.05, 3.63) is 70.3 Å². The van der Waals surface area contributed by atoms with Crippen LogP contribution in [0, 0.1) is 0 Å². The van der Waals surface area contributed by atoms with Gasteiger partial charge in [0.1, 0.15) is 0 Å². The number of amides is 4. The van der Waals surface area contributed by atoms with Crippen molar-refractivity contribution in [3.8, 4) is 0 Å². The molecule has 4 amide bonds. The zero-order chi connectivity index (χ0) is 18.6. The van der Waals surface area contributed by atoms with E-state index in [4.69, 9.17) is 17.2 Å². The van der Waals surface area contributed by atoms with Gasteiger partial charge >= 0.3 is 0 Å². The molecule has 25 heavy (non-hydrogen) atoms. The van der Waals surface area contributed by atoms with Crippen LogP contribution in [-0.2, 0) is 6.54 Å². The summed E-state index contributed by atoms with van der Waals surface area (Å²) in [4.78, 5) is 47.0. The maximum Gasteiger partial charge on any atom is 0.252 e. The highest BCUT2D eigenvalue weighted by Crippen LogP contribution is 2.17. The molecule has 0 atom stereocenters. The predicted molar refractivity (Wildman–Crippen MR) is 89.6 cm³/mol. The quantitative estimate of drug-likeness (QED) is 0.579. The molecular weight excluding hydrogens is 324 g/mol. The van der Waals surface area contributed by atoms with Crippen molar-refractivity contribution in [1.29, 1.82) is 0 Å². The molecule has 0 saturated carbocycles. The molecule has 0 saturated heterocycles. The minimum Gasteiger partial charge on any atom is -0.366 e. The first-order valence-corrected chi connectivity index (χ1v) is 7.21. The number of hydrogen-bond donors (Lipinski definition) is 4. The Kier molecular flexibility index (Phi) is 5.13. The Hall–Kier alpha value is -3.68. The van der Waals surface area contributed by atoms with Gasteiger partial charge in [-0.15, -0.1) is 0 Å². The summed E-state index contributed by atoms with van der Waals surface area (Å²) in [5.74, 6) is -3.51. The second-order valence-corrected chi connectivity index (χ2v) is 5.20. The first kappa shape index (κ1) is 17.7. The van der Waals surface area contributed by atoms with Crippen LogP contribution in [0.15, 0.2) is 42.5 Å². The fourth-order valence-corrected chi connectivity index (χ4v) is 2.27. The van der Waals surface area contributed by atoms with Gasteiger partial charge in [-0.25, -0.2) is 0 Å². The normalized spacial score (nSPS) is 10.1. The summed E-state index contributed by atoms with van der Waals surface area (Å²) in [6, 6.07) is 11.1. The highest BCUT2D eigenvalue weighted by molar-refractivity contribution is 6.13. The zero-order valence-electron chi connectivity index (χ0n) is 13.1. The molecule has 0 bridgehead atoms. The third-order valence-electron chi connectivity index (χ3n) is 3.49. The van der Waals surface area contributed by atoms with E-state index in [0.717, 1.165) is 17.7 Å². The second-order valence-electron chi connectivity index (χ2n) is 5.20. The summed E-state index contributed by atoms with van der Waals surface area (Å²) in [6.07, 6.45) is 0. The fraction of sp³-hybridized carbons (Fsp3) is 0.0588. The van der Waals surface area contributed by atoms with Crippen molar-refractivity contribution < 1.29 is 19.2 Å². The van der Waals surface area contributed by atoms with E-state index in [1.54, 1.807) is 12.1 Å². The van der Waals surface area contributed by atoms with E-state index in [1.165, 1.54) is 0 Å². The van der Waals surface area contributed by atoms with Crippen LogP contribution in [0.1, 0.15) is 47.0 Å². The summed E-state index contributed by atoms with van der Waals surface area (Å²) in [7, 11) is 0. The summed E-state index contributed by atoms with van der Waals surface area (Å²) >= 11 is 0. The second kappa shape index (κ2) is 7.26. The van der Waals surface area contributed by atoms with Gasteiger partial charge < -0.3 is 22.5 Å². The minimum absolute atomic E-state index is 0.165. The summed E-state index contributed by atoms with van der Waals surface area (Å²) in [5, 5.41) is 2.61. The molecule has 2 aromatic rings. The molecule has 0 aromatic heterocycles. The lowest BCUT2D eigenvalue weighted by atomic mass is 9.96. The van der Waals surface area contributed by atoms with Crippen LogP contribution < -0.4 is 22.5 Å². The molecule has 0 spiro atoms. The van der Waals surface area contributed by atoms with Gasteiger partial charge in [0.05, 0.1) is 22.3 Å². The van der Waals surface area contributed by atoms with Crippen LogP contribution in [0.2, 0.25) is 0 Å². The van der Waals surface area contributed by atoms with Gasteiger partial charge in [-0.1, -0.05) is 30.3 Å². The fourth-order valence-electron chi connectivity index (χ4n) is 2.27. The van der Waals surface area contributed by atoms with E-state index in [1.807, 2.05) is 18.2 Å². The average molecular weight is 340 g/mol. The SMILES string of the molecule is NC(=O)c1cc(C(N)=O)c(C(=O)NCc2ccccc2)cc1C(N)=O. The number of rotatable bonds is 6. The predicted octanol–water partition coefficient (Wildman–Crippen LogP) is -0.0867. The van der Waals surface area contributed by atoms with Crippen LogP contribution >= 0.6 is 0 Å². The third-order valence-corrected chi connectivity index (χ3v) is 3.49. The zero-order valence-corrected chi connectivity index (χ0v) is 13.1. The van der Waals surface area contributed by atoms with E-state index >= 15 is 0 Å². The van der Waals surface area contributed by atoms with Crippen molar-refractivity contribution in [2.45, 2.75) is 6.54 Å². The Morgan fingerprint density at radius 3 is 1.64 bits per heavy atom. The Bertz CT molecular complexity index is 862. The molecular formula is C17H16N4O4. The highest BCUT2D eigenvalue weighted by atomic mass is 16.2. The number of carbonyl (C=O) groups excluding carboxylic acids is 4. The molecule has 0 unspecified atom stereocenters. The van der Waals surface area contributed by atoms with Crippen LogP contribution in [-0.4, -0.2) is 23.6 Å². The summed E-state index contributed by atoms with van der Waals surface area (Å²) in [6.45, 7) is 0.196. The Labute approximate surface area is 143 Å². The molecule has 2 rings (SSSR count). The van der Waals surface area contributed by atoms with Crippen LogP contribution in [0.25, 0.3) is 0 Å². The number of nitrogens with one attached hydrogen (secondary N) is 1. The number of carbonyl (C=O) groups is 4. The average Bonchev–Trinajstić information content (AvgIpc) is 2.59. The van der Waals surface area contributed by atoms with Crippen molar-refractivity contribution in [2.75, 3.05) is 0 Å². The summed E-state index contributed by atoms with van der Waals surface area (Å²) in [5.41, 5.74) is 15.6. The molecule has 0 aliphatic carbocycles. The van der Waals surface area contributed by atoms with Gasteiger partial charge in [0, 0.05) is 6.54 Å². The topological polar surface area (TPSA) is 158 Å². The lowest BCUT2D eigenvalue weighted by Crippen LogP contribution is -2.29. The molecule has 2 aromatic carbocycles. The summed E-state index contributed by atoms with van der Waals surface area (Å²) < 4.78 is 0. The molecule has 0 radical (unpaired) electrons. The third kappa shape index (κ3) is 3.99. The molecule has 0 aliphatic rings. The number of nitrogens with two attached hydrogens (primary N) is 3. The molecule has 7 N–H and O–H groups in total. The van der Waals surface area contributed by atoms with Crippen LogP contribution in [0.3, 0.4) is 0 Å². The lowest BCUT2D eigenvalue weighted by Gasteiger charge is -2.12. The Morgan fingerprint density at radius 2 is 1.16 bits per heavy atom. The van der Waals surface area contributed by atoms with E-state index in [9.17, 15) is 19.2 Å². The standard InChI is InChI=1S/C17H16N4O4/c18-14(22)10-6-12(16(20)24)13(7-11(10)15(19)23)17(25)21-8-9-4-2-1-3-5-9/h1-7H,8H2,(H2,18,22)(H2,19,23)(H2,20,24)(H,21,25). The van der Waals surface area contributed by atoms with Crippen molar-refractivity contribution >= 4 is 23.6 Å². The minimum atomic E-state index is -0.965. The number of hydrogen-bond acceptors (Lipinski definition) is 4. The number of benzene rings is 2. The smallest absolute Gasteiger partial charge is 0.252 e. The maximum atomic E-state index is 12.4. The molecule has 0 aliphatic heterocycles. The van der Waals surface area contributed by atoms with Crippen molar-refractivity contribution in [1.82, 2.24) is 5.32 Å².